The van der Waals surface area contributed by atoms with Crippen molar-refractivity contribution in [3.05, 3.63) is 93.8 Å². The molecule has 0 unspecified atom stereocenters. The fourth-order valence-corrected chi connectivity index (χ4v) is 8.25. The van der Waals surface area contributed by atoms with Crippen LogP contribution in [0.5, 0.6) is 11.5 Å². The third-order valence-electron chi connectivity index (χ3n) is 9.24. The predicted molar refractivity (Wildman–Crippen MR) is 193 cm³/mol. The van der Waals surface area contributed by atoms with Crippen LogP contribution in [0.1, 0.15) is 42.9 Å². The Morgan fingerprint density at radius 3 is 2.35 bits per heavy atom. The Balaban J connectivity index is 1.69. The van der Waals surface area contributed by atoms with E-state index in [9.17, 15) is 21.6 Å². The molecule has 0 spiro atoms. The van der Waals surface area contributed by atoms with Gasteiger partial charge in [-0.3, -0.25) is 4.99 Å². The van der Waals surface area contributed by atoms with E-state index in [2.05, 4.69) is 16.7 Å². The highest BCUT2D eigenvalue weighted by molar-refractivity contribution is 7.89. The number of benzene rings is 3. The van der Waals surface area contributed by atoms with E-state index < -0.39 is 50.4 Å². The van der Waals surface area contributed by atoms with Gasteiger partial charge in [-0.25, -0.2) is 26.5 Å². The molecule has 282 valence electrons. The number of likely N-dealkylation sites (N-methyl/N-ethyl adjacent to an activating group) is 1. The lowest BCUT2D eigenvalue weighted by Gasteiger charge is -2.48. The van der Waals surface area contributed by atoms with Crippen molar-refractivity contribution in [2.75, 3.05) is 46.3 Å². The molecule has 52 heavy (non-hydrogen) atoms. The van der Waals surface area contributed by atoms with Crippen molar-refractivity contribution in [2.45, 2.75) is 55.8 Å². The largest absolute Gasteiger partial charge is 0.497 e. The zero-order valence-electron chi connectivity index (χ0n) is 29.5. The third kappa shape index (κ3) is 8.69. The smallest absolute Gasteiger partial charge is 0.417 e. The van der Waals surface area contributed by atoms with Gasteiger partial charge in [0.25, 0.3) is 10.0 Å². The van der Waals surface area contributed by atoms with Gasteiger partial charge in [0.15, 0.2) is 4.90 Å². The zero-order valence-corrected chi connectivity index (χ0v) is 31.0. The van der Waals surface area contributed by atoms with Crippen LogP contribution in [0.25, 0.3) is 0 Å². The fraction of sp³-hybridized carbons (Fsp3) is 0.389. The van der Waals surface area contributed by atoms with E-state index in [0.717, 1.165) is 28.8 Å². The second-order valence-corrected chi connectivity index (χ2v) is 14.6. The third-order valence-corrected chi connectivity index (χ3v) is 11.5. The number of methoxy groups -OCH3 is 2. The summed E-state index contributed by atoms with van der Waals surface area (Å²) in [6.07, 6.45) is -0.388. The molecule has 0 amide bonds. The molecule has 1 heterocycles. The van der Waals surface area contributed by atoms with Crippen LogP contribution in [0.2, 0.25) is 5.02 Å². The van der Waals surface area contributed by atoms with Gasteiger partial charge < -0.3 is 19.3 Å². The Bertz CT molecular complexity index is 1920. The molecular formula is C36H41ClF5N5O4S. The van der Waals surface area contributed by atoms with Gasteiger partial charge in [-0.15, -0.1) is 0 Å². The Morgan fingerprint density at radius 2 is 1.77 bits per heavy atom. The van der Waals surface area contributed by atoms with E-state index in [1.165, 1.54) is 33.3 Å². The number of rotatable bonds is 14. The molecule has 0 bridgehead atoms. The number of hydrogen-bond donors (Lipinski definition) is 0. The minimum Gasteiger partial charge on any atom is -0.497 e. The molecule has 4 rings (SSSR count). The Kier molecular flexibility index (Phi) is 13.0. The molecule has 9 nitrogen and oxygen atoms in total. The lowest BCUT2D eigenvalue weighted by atomic mass is 9.82. The first-order chi connectivity index (χ1) is 24.5. The highest BCUT2D eigenvalue weighted by atomic mass is 35.5. The van der Waals surface area contributed by atoms with Crippen LogP contribution in [0, 0.1) is 11.6 Å². The molecule has 1 atom stereocenters. The lowest BCUT2D eigenvalue weighted by Crippen LogP contribution is -2.56. The summed E-state index contributed by atoms with van der Waals surface area (Å²) in [7, 11) is 1.56. The van der Waals surface area contributed by atoms with Gasteiger partial charge in [-0.2, -0.15) is 13.2 Å². The van der Waals surface area contributed by atoms with E-state index in [1.54, 1.807) is 29.2 Å². The quantitative estimate of drug-likeness (QED) is 0.0940. The summed E-state index contributed by atoms with van der Waals surface area (Å²) in [5.74, 6) is -2.11. The lowest BCUT2D eigenvalue weighted by molar-refractivity contribution is -0.137. The van der Waals surface area contributed by atoms with Gasteiger partial charge in [0.2, 0.25) is 0 Å². The fourth-order valence-electron chi connectivity index (χ4n) is 6.38. The average molecular weight is 770 g/mol. The number of nitrogens with zero attached hydrogens (tertiary/aromatic N) is 5. The molecule has 16 heteroatoms. The van der Waals surface area contributed by atoms with Crippen LogP contribution in [0.3, 0.4) is 0 Å². The van der Waals surface area contributed by atoms with Gasteiger partial charge in [-0.05, 0) is 95.4 Å². The highest BCUT2D eigenvalue weighted by Crippen LogP contribution is 2.40. The zero-order chi connectivity index (χ0) is 38.4. The molecule has 3 aromatic carbocycles. The van der Waals surface area contributed by atoms with Crippen molar-refractivity contribution in [2.24, 2.45) is 9.98 Å². The van der Waals surface area contributed by atoms with Crippen LogP contribution in [-0.4, -0.2) is 77.6 Å². The first kappa shape index (κ1) is 40.6. The van der Waals surface area contributed by atoms with Gasteiger partial charge in [0.1, 0.15) is 35.3 Å². The number of anilines is 1. The molecule has 0 radical (unpaired) electrons. The Labute approximate surface area is 306 Å². The number of hydrogen-bond acceptors (Lipinski definition) is 7. The number of ether oxygens (including phenoxy) is 2. The average Bonchev–Trinajstić information content (AvgIpc) is 3.10. The number of aliphatic imine (C=N–C) groups is 2. The predicted octanol–water partition coefficient (Wildman–Crippen LogP) is 7.97. The van der Waals surface area contributed by atoms with Crippen LogP contribution >= 0.6 is 11.6 Å². The van der Waals surface area contributed by atoms with Gasteiger partial charge >= 0.3 is 6.18 Å². The van der Waals surface area contributed by atoms with Gasteiger partial charge in [0.05, 0.1) is 31.4 Å². The molecule has 0 N–H and O–H groups in total. The van der Waals surface area contributed by atoms with Crippen LogP contribution in [-0.2, 0) is 29.2 Å². The topological polar surface area (TPSA) is 87.0 Å². The van der Waals surface area contributed by atoms with Crippen LogP contribution in [0.4, 0.5) is 27.6 Å². The van der Waals surface area contributed by atoms with Crippen LogP contribution in [0.15, 0.2) is 75.3 Å². The van der Waals surface area contributed by atoms with E-state index in [4.69, 9.17) is 21.1 Å². The maximum absolute atomic E-state index is 16.1. The summed E-state index contributed by atoms with van der Waals surface area (Å²) in [4.78, 5) is 10.1. The van der Waals surface area contributed by atoms with E-state index >= 15 is 8.78 Å². The number of alkyl halides is 3. The molecular weight excluding hydrogens is 729 g/mol. The second kappa shape index (κ2) is 16.6. The number of sulfonamides is 1. The molecule has 0 aliphatic carbocycles. The van der Waals surface area contributed by atoms with E-state index in [0.29, 0.717) is 42.7 Å². The van der Waals surface area contributed by atoms with Crippen molar-refractivity contribution >= 4 is 40.4 Å². The second-order valence-electron chi connectivity index (χ2n) is 12.4. The summed E-state index contributed by atoms with van der Waals surface area (Å²) in [6, 6.07) is 10.4. The number of aryl methyl sites for hydroxylation is 1. The van der Waals surface area contributed by atoms with Crippen molar-refractivity contribution in [3.8, 4) is 11.5 Å². The molecule has 1 aliphatic heterocycles. The number of piperidine rings is 1. The normalized spacial score (nSPS) is 17.2. The number of allylic oxidation sites excluding steroid dienone is 1. The highest BCUT2D eigenvalue weighted by Gasteiger charge is 2.40. The minimum absolute atomic E-state index is 0.112. The van der Waals surface area contributed by atoms with Gasteiger partial charge in [-0.1, -0.05) is 23.7 Å². The van der Waals surface area contributed by atoms with Crippen LogP contribution < -0.4 is 14.4 Å². The standard InChI is InChI=1S/C36H41ClF5N5O4S/c1-7-32(44-23-43-2)47(21-25-12-13-27(50-5)20-31(25)51-6)52(48,49)34-29(38)18-26(19-30(34)39)46-17-9-15-35(22-46,45(3)4)16-14-24-10-8-11-28(33(24)37)36(40,41)42/h7-8,10-13,18-20,23H,2,9,14-17,21-22H2,1,3-6H3/b32-7+,44-23-/t35-/m0/s1. The van der Waals surface area contributed by atoms with Crippen molar-refractivity contribution < 1.29 is 39.8 Å². The molecule has 1 aliphatic rings. The molecule has 1 saturated heterocycles. The molecule has 0 saturated carbocycles. The van der Waals surface area contributed by atoms with Crippen molar-refractivity contribution in [3.63, 3.8) is 0 Å². The minimum atomic E-state index is -4.95. The molecule has 3 aromatic rings. The number of halogens is 6. The molecule has 0 aromatic heterocycles. The summed E-state index contributed by atoms with van der Waals surface area (Å²) >= 11 is 6.19. The Morgan fingerprint density at radius 1 is 1.08 bits per heavy atom. The first-order valence-electron chi connectivity index (χ1n) is 16.2. The van der Waals surface area contributed by atoms with Crippen molar-refractivity contribution in [1.82, 2.24) is 9.21 Å². The summed E-state index contributed by atoms with van der Waals surface area (Å²) in [6.45, 7) is 5.07. The van der Waals surface area contributed by atoms with E-state index in [-0.39, 0.29) is 35.2 Å². The van der Waals surface area contributed by atoms with Crippen molar-refractivity contribution in [1.29, 1.82) is 0 Å². The molecule has 1 fully saturated rings. The summed E-state index contributed by atoms with van der Waals surface area (Å²) < 4.78 is 113. The SMILES string of the molecule is C=N/C=N\C(=C/C)N(Cc1ccc(OC)cc1OC)S(=O)(=O)c1c(F)cc(N2CCC[C@@](CCc3cccc(C(F)(F)F)c3Cl)(N(C)C)C2)cc1F. The summed E-state index contributed by atoms with van der Waals surface area (Å²) in [5, 5.41) is -0.357. The maximum atomic E-state index is 16.1. The Hall–Kier alpha value is -4.21. The maximum Gasteiger partial charge on any atom is 0.417 e. The monoisotopic (exact) mass is 769 g/mol. The summed E-state index contributed by atoms with van der Waals surface area (Å²) in [5.41, 5.74) is -0.721. The van der Waals surface area contributed by atoms with Gasteiger partial charge in [0, 0.05) is 35.9 Å². The first-order valence-corrected chi connectivity index (χ1v) is 18.0. The van der Waals surface area contributed by atoms with E-state index in [1.807, 2.05) is 19.0 Å².